The molecule has 2 fully saturated rings. The summed E-state index contributed by atoms with van der Waals surface area (Å²) >= 11 is 8.55. The van der Waals surface area contributed by atoms with E-state index in [1.165, 1.54) is 22.4 Å². The summed E-state index contributed by atoms with van der Waals surface area (Å²) < 4.78 is 5.75. The van der Waals surface area contributed by atoms with Gasteiger partial charge in [-0.25, -0.2) is 0 Å². The molecule has 2 atom stereocenters. The number of hydrogen-bond acceptors (Lipinski definition) is 3. The molecule has 2 aliphatic heterocycles. The number of rotatable bonds is 1. The summed E-state index contributed by atoms with van der Waals surface area (Å²) in [6, 6.07) is 4.46. The SMILES string of the molecule is Cc1cc(C)c(N2C[C@]3(Cl)SCCO[C@]23C)c(C)c1. The maximum Gasteiger partial charge on any atom is 0.168 e. The first-order chi connectivity index (χ1) is 8.87. The number of nitrogens with zero attached hydrogens (tertiary/aromatic N) is 1. The lowest BCUT2D eigenvalue weighted by atomic mass is 9.93. The number of halogens is 1. The van der Waals surface area contributed by atoms with E-state index in [4.69, 9.17) is 16.3 Å². The molecular weight excluding hydrogens is 278 g/mol. The third-order valence-corrected chi connectivity index (χ3v) is 6.41. The lowest BCUT2D eigenvalue weighted by Crippen LogP contribution is -2.77. The molecule has 2 saturated heterocycles. The van der Waals surface area contributed by atoms with E-state index in [9.17, 15) is 0 Å². The van der Waals surface area contributed by atoms with Crippen molar-refractivity contribution < 1.29 is 4.74 Å². The zero-order valence-electron chi connectivity index (χ0n) is 11.9. The highest BCUT2D eigenvalue weighted by molar-refractivity contribution is 8.02. The Labute approximate surface area is 124 Å². The highest BCUT2D eigenvalue weighted by Crippen LogP contribution is 2.57. The Morgan fingerprint density at radius 1 is 1.26 bits per heavy atom. The van der Waals surface area contributed by atoms with E-state index in [0.29, 0.717) is 0 Å². The number of anilines is 1. The number of hydrogen-bond donors (Lipinski definition) is 0. The molecule has 0 saturated carbocycles. The van der Waals surface area contributed by atoms with Gasteiger partial charge in [-0.15, -0.1) is 23.4 Å². The number of thioether (sulfide) groups is 1. The van der Waals surface area contributed by atoms with Gasteiger partial charge in [0.2, 0.25) is 0 Å². The quantitative estimate of drug-likeness (QED) is 0.731. The van der Waals surface area contributed by atoms with E-state index in [0.717, 1.165) is 18.9 Å². The Bertz CT molecular complexity index is 512. The van der Waals surface area contributed by atoms with E-state index in [1.54, 1.807) is 0 Å². The van der Waals surface area contributed by atoms with Crippen molar-refractivity contribution in [3.05, 3.63) is 28.8 Å². The molecule has 0 radical (unpaired) electrons. The average Bonchev–Trinajstić information content (AvgIpc) is 2.30. The van der Waals surface area contributed by atoms with E-state index < -0.39 is 0 Å². The van der Waals surface area contributed by atoms with Gasteiger partial charge in [0, 0.05) is 11.4 Å². The number of benzene rings is 1. The average molecular weight is 298 g/mol. The van der Waals surface area contributed by atoms with Gasteiger partial charge in [-0.3, -0.25) is 0 Å². The zero-order chi connectivity index (χ0) is 13.8. The van der Waals surface area contributed by atoms with Gasteiger partial charge in [-0.2, -0.15) is 0 Å². The van der Waals surface area contributed by atoms with Crippen LogP contribution in [0, 0.1) is 20.8 Å². The van der Waals surface area contributed by atoms with Crippen molar-refractivity contribution in [1.82, 2.24) is 0 Å². The highest BCUT2D eigenvalue weighted by Gasteiger charge is 2.64. The molecule has 4 heteroatoms. The zero-order valence-corrected chi connectivity index (χ0v) is 13.5. The predicted octanol–water partition coefficient (Wildman–Crippen LogP) is 3.85. The second-order valence-corrected chi connectivity index (χ2v) is 8.00. The van der Waals surface area contributed by atoms with Crippen LogP contribution in [0.4, 0.5) is 5.69 Å². The molecule has 2 heterocycles. The number of alkyl halides is 1. The summed E-state index contributed by atoms with van der Waals surface area (Å²) in [6.45, 7) is 10.2. The monoisotopic (exact) mass is 297 g/mol. The normalized spacial score (nSPS) is 33.8. The van der Waals surface area contributed by atoms with Crippen molar-refractivity contribution in [2.24, 2.45) is 0 Å². The molecule has 0 aliphatic carbocycles. The molecule has 0 bridgehead atoms. The van der Waals surface area contributed by atoms with Crippen LogP contribution in [0.3, 0.4) is 0 Å². The lowest BCUT2D eigenvalue weighted by Gasteiger charge is -2.64. The van der Waals surface area contributed by atoms with Crippen molar-refractivity contribution in [3.63, 3.8) is 0 Å². The first kappa shape index (κ1) is 13.6. The van der Waals surface area contributed by atoms with Crippen LogP contribution >= 0.6 is 23.4 Å². The standard InChI is InChI=1S/C15H20ClNOS/c1-10-7-11(2)13(12(3)8-10)17-9-15(16)14(17,4)18-5-6-19-15/h7-8H,5-6,9H2,1-4H3/t14-,15-/m0/s1. The van der Waals surface area contributed by atoms with Crippen LogP contribution in [0.25, 0.3) is 0 Å². The molecule has 0 amide bonds. The smallest absolute Gasteiger partial charge is 0.168 e. The van der Waals surface area contributed by atoms with Gasteiger partial charge in [-0.1, -0.05) is 17.7 Å². The van der Waals surface area contributed by atoms with Gasteiger partial charge in [0.25, 0.3) is 0 Å². The molecule has 1 aromatic rings. The molecule has 0 spiro atoms. The Balaban J connectivity index is 2.01. The summed E-state index contributed by atoms with van der Waals surface area (Å²) in [6.07, 6.45) is 0. The fourth-order valence-electron chi connectivity index (χ4n) is 3.31. The largest absolute Gasteiger partial charge is 0.352 e. The number of ether oxygens (including phenoxy) is 1. The van der Waals surface area contributed by atoms with E-state index in [2.05, 4.69) is 44.7 Å². The second kappa shape index (κ2) is 4.31. The fraction of sp³-hybridized carbons (Fsp3) is 0.600. The van der Waals surface area contributed by atoms with Crippen LogP contribution in [-0.4, -0.2) is 28.8 Å². The Morgan fingerprint density at radius 3 is 2.47 bits per heavy atom. The van der Waals surface area contributed by atoms with Crippen LogP contribution in [-0.2, 0) is 4.74 Å². The van der Waals surface area contributed by atoms with Crippen LogP contribution in [0.2, 0.25) is 0 Å². The molecule has 19 heavy (non-hydrogen) atoms. The molecule has 1 aromatic carbocycles. The van der Waals surface area contributed by atoms with Gasteiger partial charge in [0.15, 0.2) is 9.93 Å². The molecule has 0 unspecified atom stereocenters. The van der Waals surface area contributed by atoms with Crippen LogP contribution in [0.15, 0.2) is 12.1 Å². The van der Waals surface area contributed by atoms with Crippen molar-refractivity contribution in [3.8, 4) is 0 Å². The highest BCUT2D eigenvalue weighted by atomic mass is 35.5. The first-order valence-electron chi connectivity index (χ1n) is 6.70. The van der Waals surface area contributed by atoms with E-state index >= 15 is 0 Å². The molecule has 104 valence electrons. The third-order valence-electron chi connectivity index (χ3n) is 4.27. The maximum atomic E-state index is 6.73. The molecule has 2 nitrogen and oxygen atoms in total. The van der Waals surface area contributed by atoms with Gasteiger partial charge >= 0.3 is 0 Å². The summed E-state index contributed by atoms with van der Waals surface area (Å²) in [5, 5.41) is 0. The predicted molar refractivity (Wildman–Crippen MR) is 83.4 cm³/mol. The molecular formula is C15H20ClNOS. The van der Waals surface area contributed by atoms with Crippen molar-refractivity contribution >= 4 is 29.1 Å². The van der Waals surface area contributed by atoms with Gasteiger partial charge < -0.3 is 9.64 Å². The minimum absolute atomic E-state index is 0.297. The maximum absolute atomic E-state index is 6.73. The van der Waals surface area contributed by atoms with E-state index in [1.807, 2.05) is 11.8 Å². The molecule has 2 aliphatic rings. The third kappa shape index (κ3) is 1.82. The van der Waals surface area contributed by atoms with Gasteiger partial charge in [0.1, 0.15) is 0 Å². The second-order valence-electron chi connectivity index (χ2n) is 5.74. The van der Waals surface area contributed by atoms with Gasteiger partial charge in [0.05, 0.1) is 13.2 Å². The number of fused-ring (bicyclic) bond motifs is 1. The summed E-state index contributed by atoms with van der Waals surface area (Å²) in [5.74, 6) is 0.985. The topological polar surface area (TPSA) is 12.5 Å². The Kier molecular flexibility index (Phi) is 3.08. The molecule has 0 N–H and O–H groups in total. The fourth-order valence-corrected chi connectivity index (χ4v) is 4.97. The lowest BCUT2D eigenvalue weighted by molar-refractivity contribution is -0.0783. The van der Waals surface area contributed by atoms with Crippen molar-refractivity contribution in [1.29, 1.82) is 0 Å². The van der Waals surface area contributed by atoms with Crippen LogP contribution in [0.1, 0.15) is 23.6 Å². The molecule has 0 aromatic heterocycles. The minimum Gasteiger partial charge on any atom is -0.352 e. The van der Waals surface area contributed by atoms with Gasteiger partial charge in [-0.05, 0) is 38.8 Å². The van der Waals surface area contributed by atoms with Crippen molar-refractivity contribution in [2.75, 3.05) is 23.8 Å². The number of aryl methyl sites for hydroxylation is 3. The Hall–Kier alpha value is -0.380. The first-order valence-corrected chi connectivity index (χ1v) is 8.06. The van der Waals surface area contributed by atoms with Crippen LogP contribution in [0.5, 0.6) is 0 Å². The Morgan fingerprint density at radius 2 is 1.89 bits per heavy atom. The minimum atomic E-state index is -0.387. The van der Waals surface area contributed by atoms with Crippen molar-refractivity contribution in [2.45, 2.75) is 37.6 Å². The summed E-state index contributed by atoms with van der Waals surface area (Å²) in [5.41, 5.74) is 4.81. The summed E-state index contributed by atoms with van der Waals surface area (Å²) in [7, 11) is 0. The summed E-state index contributed by atoms with van der Waals surface area (Å²) in [4.78, 5) is 2.33. The van der Waals surface area contributed by atoms with Crippen LogP contribution < -0.4 is 4.90 Å². The van der Waals surface area contributed by atoms with E-state index in [-0.39, 0.29) is 9.93 Å². The molecule has 3 rings (SSSR count).